The summed E-state index contributed by atoms with van der Waals surface area (Å²) in [5, 5.41) is 9.45. The minimum atomic E-state index is -0.968. The molecular weight excluding hydrogens is 410 g/mol. The van der Waals surface area contributed by atoms with Crippen molar-refractivity contribution in [2.75, 3.05) is 0 Å². The lowest BCUT2D eigenvalue weighted by molar-refractivity contribution is -0.147. The van der Waals surface area contributed by atoms with Gasteiger partial charge >= 0.3 is 11.9 Å². The van der Waals surface area contributed by atoms with Crippen LogP contribution in [0.2, 0.25) is 0 Å². The molecule has 0 aromatic carbocycles. The van der Waals surface area contributed by atoms with Crippen LogP contribution in [0, 0.1) is 17.3 Å². The van der Waals surface area contributed by atoms with Gasteiger partial charge in [0.15, 0.2) is 5.78 Å². The molecule has 5 rings (SSSR count). The molecule has 2 heterocycles. The van der Waals surface area contributed by atoms with Gasteiger partial charge in [-0.1, -0.05) is 13.0 Å². The zero-order valence-corrected chi connectivity index (χ0v) is 18.2. The number of ketones is 1. The van der Waals surface area contributed by atoms with Gasteiger partial charge in [0.25, 0.3) is 0 Å². The van der Waals surface area contributed by atoms with E-state index in [1.165, 1.54) is 6.92 Å². The SMILES string of the molecule is CC(=O)O[C@@H]1C[C@H]2[C@@H]3OC4=C(C=C3CC[C@]2(C)[C@H]1c1cccnc1)C(=O)CC(C(=O)O)C4. The number of carboxylic acid groups (broad SMARTS) is 1. The minimum Gasteiger partial charge on any atom is -0.489 e. The van der Waals surface area contributed by atoms with E-state index in [1.807, 2.05) is 24.4 Å². The van der Waals surface area contributed by atoms with Crippen LogP contribution < -0.4 is 0 Å². The molecule has 1 aromatic heterocycles. The zero-order chi connectivity index (χ0) is 22.6. The lowest BCUT2D eigenvalue weighted by Gasteiger charge is -2.47. The Kier molecular flexibility index (Phi) is 4.95. The number of aliphatic carboxylic acids is 1. The van der Waals surface area contributed by atoms with Gasteiger partial charge in [-0.25, -0.2) is 0 Å². The summed E-state index contributed by atoms with van der Waals surface area (Å²) in [4.78, 5) is 40.4. The number of Topliss-reactive ketones (excluding diaryl/α,β-unsaturated/α-hetero) is 1. The minimum absolute atomic E-state index is 0.00891. The molecule has 0 amide bonds. The van der Waals surface area contributed by atoms with Gasteiger partial charge in [-0.2, -0.15) is 0 Å². The molecular formula is C25H27NO6. The number of carbonyl (C=O) groups is 3. The average molecular weight is 437 g/mol. The van der Waals surface area contributed by atoms with Gasteiger partial charge in [-0.05, 0) is 48.0 Å². The second-order valence-electron chi connectivity index (χ2n) is 9.72. The molecule has 168 valence electrons. The van der Waals surface area contributed by atoms with Crippen LogP contribution in [0.15, 0.2) is 47.5 Å². The van der Waals surface area contributed by atoms with Gasteiger partial charge in [0, 0.05) is 44.0 Å². The zero-order valence-electron chi connectivity index (χ0n) is 18.2. The molecule has 6 atom stereocenters. The fraction of sp³-hybridized carbons (Fsp3) is 0.520. The van der Waals surface area contributed by atoms with E-state index in [4.69, 9.17) is 9.47 Å². The molecule has 1 unspecified atom stereocenters. The molecule has 0 radical (unpaired) electrons. The van der Waals surface area contributed by atoms with E-state index in [2.05, 4.69) is 11.9 Å². The van der Waals surface area contributed by atoms with Crippen LogP contribution in [0.5, 0.6) is 0 Å². The van der Waals surface area contributed by atoms with E-state index in [1.54, 1.807) is 6.20 Å². The summed E-state index contributed by atoms with van der Waals surface area (Å²) in [6.45, 7) is 3.67. The Balaban J connectivity index is 1.50. The van der Waals surface area contributed by atoms with Crippen LogP contribution in [0.4, 0.5) is 0 Å². The Morgan fingerprint density at radius 2 is 2.12 bits per heavy atom. The Morgan fingerprint density at radius 3 is 2.81 bits per heavy atom. The maximum Gasteiger partial charge on any atom is 0.307 e. The average Bonchev–Trinajstić information content (AvgIpc) is 3.04. The largest absolute Gasteiger partial charge is 0.489 e. The molecule has 2 fully saturated rings. The first-order chi connectivity index (χ1) is 15.3. The van der Waals surface area contributed by atoms with E-state index in [9.17, 15) is 19.5 Å². The second kappa shape index (κ2) is 7.57. The van der Waals surface area contributed by atoms with Crippen LogP contribution in [0.3, 0.4) is 0 Å². The smallest absolute Gasteiger partial charge is 0.307 e. The second-order valence-corrected chi connectivity index (χ2v) is 9.72. The third-order valence-electron chi connectivity index (χ3n) is 7.87. The van der Waals surface area contributed by atoms with Crippen LogP contribution in [-0.4, -0.2) is 40.0 Å². The molecule has 0 spiro atoms. The van der Waals surface area contributed by atoms with E-state index in [-0.39, 0.29) is 54.1 Å². The number of hydrogen-bond donors (Lipinski definition) is 1. The van der Waals surface area contributed by atoms with Gasteiger partial charge < -0.3 is 14.6 Å². The van der Waals surface area contributed by atoms with Crippen LogP contribution in [0.1, 0.15) is 57.4 Å². The van der Waals surface area contributed by atoms with Gasteiger partial charge in [-0.3, -0.25) is 19.4 Å². The van der Waals surface area contributed by atoms with E-state index in [0.29, 0.717) is 17.8 Å². The predicted molar refractivity (Wildman–Crippen MR) is 113 cm³/mol. The molecule has 0 bridgehead atoms. The number of carboxylic acids is 1. The number of rotatable bonds is 3. The number of carbonyl (C=O) groups excluding carboxylic acids is 2. The first-order valence-corrected chi connectivity index (χ1v) is 11.2. The van der Waals surface area contributed by atoms with Crippen LogP contribution in [-0.2, 0) is 23.9 Å². The molecule has 0 saturated heterocycles. The maximum atomic E-state index is 12.6. The van der Waals surface area contributed by atoms with Gasteiger partial charge in [0.2, 0.25) is 0 Å². The molecule has 1 aliphatic heterocycles. The van der Waals surface area contributed by atoms with E-state index >= 15 is 0 Å². The topological polar surface area (TPSA) is 103 Å². The Morgan fingerprint density at radius 1 is 1.31 bits per heavy atom. The molecule has 1 aromatic rings. The van der Waals surface area contributed by atoms with E-state index < -0.39 is 11.9 Å². The van der Waals surface area contributed by atoms with Crippen molar-refractivity contribution in [1.82, 2.24) is 4.98 Å². The molecule has 3 aliphatic carbocycles. The molecule has 7 nitrogen and oxygen atoms in total. The lowest BCUT2D eigenvalue weighted by atomic mass is 9.61. The highest BCUT2D eigenvalue weighted by Gasteiger charge is 2.60. The summed E-state index contributed by atoms with van der Waals surface area (Å²) in [5.74, 6) is -1.61. The molecule has 4 aliphatic rings. The third-order valence-corrected chi connectivity index (χ3v) is 7.87. The summed E-state index contributed by atoms with van der Waals surface area (Å²) < 4.78 is 12.2. The lowest BCUT2D eigenvalue weighted by Crippen LogP contribution is -2.44. The van der Waals surface area contributed by atoms with E-state index in [0.717, 1.165) is 24.0 Å². The first-order valence-electron chi connectivity index (χ1n) is 11.2. The number of fused-ring (bicyclic) bond motifs is 3. The number of nitrogens with zero attached hydrogens (tertiary/aromatic N) is 1. The highest BCUT2D eigenvalue weighted by molar-refractivity contribution is 6.01. The van der Waals surface area contributed by atoms with Gasteiger partial charge in [0.1, 0.15) is 18.0 Å². The molecule has 7 heteroatoms. The van der Waals surface area contributed by atoms with Crippen molar-refractivity contribution in [3.63, 3.8) is 0 Å². The van der Waals surface area contributed by atoms with Crippen molar-refractivity contribution in [3.8, 4) is 0 Å². The summed E-state index contributed by atoms with van der Waals surface area (Å²) >= 11 is 0. The Hall–Kier alpha value is -2.96. The fourth-order valence-corrected chi connectivity index (χ4v) is 6.41. The molecule has 2 saturated carbocycles. The van der Waals surface area contributed by atoms with Crippen LogP contribution >= 0.6 is 0 Å². The number of hydrogen-bond acceptors (Lipinski definition) is 6. The van der Waals surface area contributed by atoms with Gasteiger partial charge in [-0.15, -0.1) is 0 Å². The first kappa shape index (κ1) is 20.9. The number of aromatic nitrogens is 1. The molecule has 1 N–H and O–H groups in total. The normalized spacial score (nSPS) is 35.8. The third kappa shape index (κ3) is 3.26. The highest BCUT2D eigenvalue weighted by Crippen LogP contribution is 2.62. The van der Waals surface area contributed by atoms with Crippen molar-refractivity contribution in [2.45, 2.75) is 64.1 Å². The maximum absolute atomic E-state index is 12.6. The summed E-state index contributed by atoms with van der Waals surface area (Å²) in [5.41, 5.74) is 2.48. The van der Waals surface area contributed by atoms with Crippen molar-refractivity contribution < 1.29 is 29.0 Å². The van der Waals surface area contributed by atoms with Crippen molar-refractivity contribution >= 4 is 17.7 Å². The van der Waals surface area contributed by atoms with Crippen LogP contribution in [0.25, 0.3) is 0 Å². The predicted octanol–water partition coefficient (Wildman–Crippen LogP) is 3.56. The summed E-state index contributed by atoms with van der Waals surface area (Å²) in [6.07, 6.45) is 7.57. The summed E-state index contributed by atoms with van der Waals surface area (Å²) in [6, 6.07) is 3.94. The number of ether oxygens (including phenoxy) is 2. The molecule has 32 heavy (non-hydrogen) atoms. The Labute approximate surface area is 186 Å². The summed E-state index contributed by atoms with van der Waals surface area (Å²) in [7, 11) is 0. The highest BCUT2D eigenvalue weighted by atomic mass is 16.5. The monoisotopic (exact) mass is 437 g/mol. The number of pyridine rings is 1. The standard InChI is InChI=1S/C25H27NO6/c1-13(27)31-21-11-18-23-14(5-6-25(18,2)22(21)15-4-3-7-26-12-15)8-17-19(28)9-16(24(29)30)10-20(17)32-23/h3-4,7-8,12,16,18,21-23H,5-6,9-11H2,1-2H3,(H,29,30)/t16?,18-,21+,22-,23+,25-/m0/s1. The quantitative estimate of drug-likeness (QED) is 0.721. The van der Waals surface area contributed by atoms with Crippen molar-refractivity contribution in [1.29, 1.82) is 0 Å². The van der Waals surface area contributed by atoms with Gasteiger partial charge in [0.05, 0.1) is 11.5 Å². The number of esters is 1. The Bertz CT molecular complexity index is 1040. The fourth-order valence-electron chi connectivity index (χ4n) is 6.41. The number of allylic oxidation sites excluding steroid dienone is 3. The van der Waals surface area contributed by atoms with Crippen molar-refractivity contribution in [2.24, 2.45) is 17.3 Å². The van der Waals surface area contributed by atoms with Crippen molar-refractivity contribution in [3.05, 3.63) is 53.1 Å².